The maximum atomic E-state index is 12.0. The molecule has 0 radical (unpaired) electrons. The molecule has 5 heteroatoms. The maximum Gasteiger partial charge on any atom is 0.244 e. The third kappa shape index (κ3) is 5.40. The number of aliphatic hydroxyl groups is 1. The number of aliphatic hydroxyl groups excluding tert-OH is 1. The molecule has 138 valence electrons. The quantitative estimate of drug-likeness (QED) is 0.729. The number of carbonyl (C=O) groups excluding carboxylic acids is 1. The monoisotopic (exact) mass is 362 g/mol. The van der Waals surface area contributed by atoms with Crippen LogP contribution in [0.25, 0.3) is 6.08 Å². The van der Waals surface area contributed by atoms with Gasteiger partial charge < -0.3 is 10.4 Å². The molecular formula is C20H30N2O2S. The molecule has 1 saturated heterocycles. The Kier molecular flexibility index (Phi) is 7.08. The van der Waals surface area contributed by atoms with Crippen molar-refractivity contribution >= 4 is 23.3 Å². The van der Waals surface area contributed by atoms with Gasteiger partial charge in [0.25, 0.3) is 0 Å². The third-order valence-electron chi connectivity index (χ3n) is 5.50. The third-order valence-corrected chi connectivity index (χ3v) is 6.45. The summed E-state index contributed by atoms with van der Waals surface area (Å²) in [6.45, 7) is 2.05. The van der Waals surface area contributed by atoms with Gasteiger partial charge in [-0.2, -0.15) is 0 Å². The van der Waals surface area contributed by atoms with E-state index in [-0.39, 0.29) is 12.5 Å². The van der Waals surface area contributed by atoms with E-state index in [2.05, 4.69) is 10.2 Å². The fraction of sp³-hybridized carbons (Fsp3) is 0.650. The fourth-order valence-electron chi connectivity index (χ4n) is 4.19. The number of carbonyl (C=O) groups is 1. The first-order valence-electron chi connectivity index (χ1n) is 9.66. The lowest BCUT2D eigenvalue weighted by Crippen LogP contribution is -2.46. The van der Waals surface area contributed by atoms with Gasteiger partial charge in [-0.05, 0) is 61.7 Å². The predicted octanol–water partition coefficient (Wildman–Crippen LogP) is 3.56. The highest BCUT2D eigenvalue weighted by Crippen LogP contribution is 2.30. The first-order chi connectivity index (χ1) is 12.3. The highest BCUT2D eigenvalue weighted by atomic mass is 32.1. The smallest absolute Gasteiger partial charge is 0.244 e. The number of amides is 1. The number of hydrogen-bond acceptors (Lipinski definition) is 4. The molecule has 1 amide bonds. The summed E-state index contributed by atoms with van der Waals surface area (Å²) in [5.41, 5.74) is 0.898. The number of nitrogens with one attached hydrogen (secondary N) is 1. The highest BCUT2D eigenvalue weighted by Gasteiger charge is 2.30. The van der Waals surface area contributed by atoms with E-state index in [4.69, 9.17) is 5.11 Å². The Morgan fingerprint density at radius 1 is 1.28 bits per heavy atom. The second-order valence-corrected chi connectivity index (χ2v) is 8.20. The van der Waals surface area contributed by atoms with Crippen molar-refractivity contribution < 1.29 is 9.90 Å². The van der Waals surface area contributed by atoms with Crippen LogP contribution >= 0.6 is 11.3 Å². The van der Waals surface area contributed by atoms with Crippen LogP contribution in [0.3, 0.4) is 0 Å². The van der Waals surface area contributed by atoms with Gasteiger partial charge in [0.1, 0.15) is 0 Å². The van der Waals surface area contributed by atoms with Crippen molar-refractivity contribution in [2.24, 2.45) is 0 Å². The fourth-order valence-corrected chi connectivity index (χ4v) is 4.99. The lowest BCUT2D eigenvalue weighted by molar-refractivity contribution is -0.116. The van der Waals surface area contributed by atoms with Crippen molar-refractivity contribution in [2.45, 2.75) is 70.1 Å². The minimum atomic E-state index is -0.0258. The van der Waals surface area contributed by atoms with Gasteiger partial charge in [0.2, 0.25) is 5.91 Å². The van der Waals surface area contributed by atoms with Crippen molar-refractivity contribution in [3.63, 3.8) is 0 Å². The largest absolute Gasteiger partial charge is 0.392 e. The molecule has 2 N–H and O–H groups in total. The molecular weight excluding hydrogens is 332 g/mol. The predicted molar refractivity (Wildman–Crippen MR) is 104 cm³/mol. The molecule has 0 bridgehead atoms. The number of thiophene rings is 1. The number of likely N-dealkylation sites (tertiary alicyclic amines) is 1. The van der Waals surface area contributed by atoms with Crippen LogP contribution in [0.15, 0.2) is 17.5 Å². The number of rotatable bonds is 7. The van der Waals surface area contributed by atoms with Crippen LogP contribution < -0.4 is 5.32 Å². The van der Waals surface area contributed by atoms with Crippen molar-refractivity contribution in [2.75, 3.05) is 13.1 Å². The van der Waals surface area contributed by atoms with Crippen LogP contribution in [-0.2, 0) is 11.4 Å². The zero-order valence-electron chi connectivity index (χ0n) is 15.0. The van der Waals surface area contributed by atoms with Gasteiger partial charge in [-0.1, -0.05) is 19.3 Å². The van der Waals surface area contributed by atoms with Crippen LogP contribution in [0.2, 0.25) is 0 Å². The maximum absolute atomic E-state index is 12.0. The second kappa shape index (κ2) is 9.51. The van der Waals surface area contributed by atoms with Gasteiger partial charge in [-0.25, -0.2) is 0 Å². The molecule has 1 aromatic rings. The summed E-state index contributed by atoms with van der Waals surface area (Å²) in [4.78, 5) is 15.8. The average Bonchev–Trinajstić information content (AvgIpc) is 3.32. The topological polar surface area (TPSA) is 52.6 Å². The summed E-state index contributed by atoms with van der Waals surface area (Å²) in [6.07, 6.45) is 13.9. The van der Waals surface area contributed by atoms with Crippen LogP contribution in [-0.4, -0.2) is 41.1 Å². The van der Waals surface area contributed by atoms with Gasteiger partial charge in [-0.3, -0.25) is 9.69 Å². The van der Waals surface area contributed by atoms with E-state index >= 15 is 0 Å². The molecule has 1 aromatic heterocycles. The molecule has 0 aromatic carbocycles. The molecule has 1 unspecified atom stereocenters. The average molecular weight is 363 g/mol. The number of hydrogen-bond donors (Lipinski definition) is 2. The SMILES string of the molecule is O=C(/C=C/c1cc(CO)cs1)NCCC1CCCCN1C1CCCC1. The van der Waals surface area contributed by atoms with Crippen LogP contribution in [0.1, 0.15) is 61.8 Å². The highest BCUT2D eigenvalue weighted by molar-refractivity contribution is 7.11. The van der Waals surface area contributed by atoms with Crippen LogP contribution in [0.4, 0.5) is 0 Å². The molecule has 2 fully saturated rings. The molecule has 2 aliphatic rings. The molecule has 1 aliphatic carbocycles. The van der Waals surface area contributed by atoms with E-state index in [1.54, 1.807) is 17.4 Å². The first kappa shape index (κ1) is 18.6. The van der Waals surface area contributed by atoms with E-state index in [0.29, 0.717) is 6.04 Å². The first-order valence-corrected chi connectivity index (χ1v) is 10.5. The molecule has 1 aliphatic heterocycles. The number of nitrogens with zero attached hydrogens (tertiary/aromatic N) is 1. The van der Waals surface area contributed by atoms with Crippen molar-refractivity contribution in [1.29, 1.82) is 0 Å². The van der Waals surface area contributed by atoms with E-state index in [1.807, 2.05) is 17.5 Å². The van der Waals surface area contributed by atoms with E-state index < -0.39 is 0 Å². The van der Waals surface area contributed by atoms with Crippen molar-refractivity contribution in [3.8, 4) is 0 Å². The Bertz CT molecular complexity index is 578. The van der Waals surface area contributed by atoms with Gasteiger partial charge in [0.15, 0.2) is 0 Å². The summed E-state index contributed by atoms with van der Waals surface area (Å²) in [6, 6.07) is 3.35. The molecule has 4 nitrogen and oxygen atoms in total. The lowest BCUT2D eigenvalue weighted by atomic mass is 9.96. The molecule has 25 heavy (non-hydrogen) atoms. The Morgan fingerprint density at radius 2 is 2.08 bits per heavy atom. The molecule has 3 rings (SSSR count). The Hall–Kier alpha value is -1.17. The molecule has 0 spiro atoms. The standard InChI is InChI=1S/C20H30N2O2S/c23-14-16-13-19(25-15-16)8-9-20(24)21-11-10-18-7-3-4-12-22(18)17-5-1-2-6-17/h8-9,13,15,17-18,23H,1-7,10-12,14H2,(H,21,24)/b9-8+. The van der Waals surface area contributed by atoms with Gasteiger partial charge in [0.05, 0.1) is 6.61 Å². The second-order valence-electron chi connectivity index (χ2n) is 7.25. The molecule has 1 saturated carbocycles. The van der Waals surface area contributed by atoms with Crippen molar-refractivity contribution in [3.05, 3.63) is 28.0 Å². The van der Waals surface area contributed by atoms with Crippen LogP contribution in [0.5, 0.6) is 0 Å². The molecule has 1 atom stereocenters. The number of piperidine rings is 1. The van der Waals surface area contributed by atoms with E-state index in [0.717, 1.165) is 29.4 Å². The van der Waals surface area contributed by atoms with E-state index in [1.165, 1.54) is 51.5 Å². The lowest BCUT2D eigenvalue weighted by Gasteiger charge is -2.40. The van der Waals surface area contributed by atoms with Crippen molar-refractivity contribution in [1.82, 2.24) is 10.2 Å². The van der Waals surface area contributed by atoms with E-state index in [9.17, 15) is 4.79 Å². The summed E-state index contributed by atoms with van der Waals surface area (Å²) < 4.78 is 0. The minimum absolute atomic E-state index is 0.0258. The summed E-state index contributed by atoms with van der Waals surface area (Å²) in [5.74, 6) is -0.0258. The zero-order valence-corrected chi connectivity index (χ0v) is 15.8. The Morgan fingerprint density at radius 3 is 2.84 bits per heavy atom. The normalized spacial score (nSPS) is 22.7. The Balaban J connectivity index is 1.42. The van der Waals surface area contributed by atoms with Gasteiger partial charge >= 0.3 is 0 Å². The molecule has 2 heterocycles. The summed E-state index contributed by atoms with van der Waals surface area (Å²) in [5, 5.41) is 14.0. The van der Waals surface area contributed by atoms with Gasteiger partial charge in [-0.15, -0.1) is 11.3 Å². The summed E-state index contributed by atoms with van der Waals surface area (Å²) >= 11 is 1.54. The minimum Gasteiger partial charge on any atom is -0.392 e. The zero-order chi connectivity index (χ0) is 17.5. The van der Waals surface area contributed by atoms with Gasteiger partial charge in [0, 0.05) is 29.6 Å². The summed E-state index contributed by atoms with van der Waals surface area (Å²) in [7, 11) is 0. The Labute approximate surface area is 154 Å². The van der Waals surface area contributed by atoms with Crippen LogP contribution in [0, 0.1) is 0 Å².